The molecule has 0 unspecified atom stereocenters. The van der Waals surface area contributed by atoms with Crippen LogP contribution in [0.5, 0.6) is 0 Å². The number of nitrogen functional groups attached to an aromatic ring is 1. The van der Waals surface area contributed by atoms with Gasteiger partial charge in [0.1, 0.15) is 0 Å². The molecule has 0 aliphatic carbocycles. The lowest BCUT2D eigenvalue weighted by atomic mass is 10.1. The smallest absolute Gasteiger partial charge is 0.398 e. The lowest BCUT2D eigenvalue weighted by molar-refractivity contribution is -0.136. The number of rotatable bonds is 3. The Morgan fingerprint density at radius 2 is 1.75 bits per heavy atom. The number of para-hydroxylation sites is 2. The third-order valence-corrected chi connectivity index (χ3v) is 3.14. The minimum atomic E-state index is -4.46. The Balaban J connectivity index is 2.28. The Morgan fingerprint density at radius 3 is 2.40 bits per heavy atom. The first-order chi connectivity index (χ1) is 9.39. The number of hydrogen-bond acceptors (Lipinski definition) is 2. The van der Waals surface area contributed by atoms with Gasteiger partial charge in [0.2, 0.25) is 0 Å². The number of alkyl halides is 3. The van der Waals surface area contributed by atoms with E-state index in [0.29, 0.717) is 11.3 Å². The van der Waals surface area contributed by atoms with Crippen LogP contribution in [0.25, 0.3) is 0 Å². The standard InChI is InChI=1S/C14H12ClF3N2/c15-11-6-3-5-10(14(16,17)18)13(11)20-8-9-4-1-2-7-12(9)19/h1-7,20H,8,19H2. The molecule has 0 fully saturated rings. The highest BCUT2D eigenvalue weighted by molar-refractivity contribution is 6.33. The molecule has 2 aromatic carbocycles. The fourth-order valence-corrected chi connectivity index (χ4v) is 2.06. The van der Waals surface area contributed by atoms with Crippen LogP contribution in [0.1, 0.15) is 11.1 Å². The van der Waals surface area contributed by atoms with E-state index in [2.05, 4.69) is 5.32 Å². The van der Waals surface area contributed by atoms with Gasteiger partial charge in [0.05, 0.1) is 16.3 Å². The summed E-state index contributed by atoms with van der Waals surface area (Å²) in [6.45, 7) is 0.166. The lowest BCUT2D eigenvalue weighted by Gasteiger charge is -2.16. The van der Waals surface area contributed by atoms with Gasteiger partial charge in [0, 0.05) is 12.2 Å². The fraction of sp³-hybridized carbons (Fsp3) is 0.143. The van der Waals surface area contributed by atoms with Crippen LogP contribution in [0.3, 0.4) is 0 Å². The highest BCUT2D eigenvalue weighted by Gasteiger charge is 2.34. The van der Waals surface area contributed by atoms with E-state index in [9.17, 15) is 13.2 Å². The first kappa shape index (κ1) is 14.5. The van der Waals surface area contributed by atoms with E-state index in [4.69, 9.17) is 17.3 Å². The molecule has 0 aliphatic heterocycles. The molecule has 2 nitrogen and oxygen atoms in total. The molecule has 0 atom stereocenters. The number of halogens is 4. The summed E-state index contributed by atoms with van der Waals surface area (Å²) in [6.07, 6.45) is -4.46. The number of anilines is 2. The molecule has 0 aromatic heterocycles. The molecular formula is C14H12ClF3N2. The summed E-state index contributed by atoms with van der Waals surface area (Å²) in [5, 5.41) is 2.74. The largest absolute Gasteiger partial charge is 0.418 e. The maximum absolute atomic E-state index is 12.9. The van der Waals surface area contributed by atoms with Gasteiger partial charge in [-0.2, -0.15) is 13.2 Å². The topological polar surface area (TPSA) is 38.0 Å². The first-order valence-electron chi connectivity index (χ1n) is 5.82. The third-order valence-electron chi connectivity index (χ3n) is 2.83. The second kappa shape index (κ2) is 5.63. The van der Waals surface area contributed by atoms with Gasteiger partial charge in [-0.25, -0.2) is 0 Å². The number of hydrogen-bond donors (Lipinski definition) is 2. The second-order valence-electron chi connectivity index (χ2n) is 4.21. The van der Waals surface area contributed by atoms with Crippen LogP contribution in [0.2, 0.25) is 5.02 Å². The molecule has 6 heteroatoms. The van der Waals surface area contributed by atoms with Crippen molar-refractivity contribution in [3.63, 3.8) is 0 Å². The van der Waals surface area contributed by atoms with E-state index >= 15 is 0 Å². The lowest BCUT2D eigenvalue weighted by Crippen LogP contribution is -2.11. The molecule has 0 spiro atoms. The maximum atomic E-state index is 12.9. The van der Waals surface area contributed by atoms with Gasteiger partial charge >= 0.3 is 6.18 Å². The SMILES string of the molecule is Nc1ccccc1CNc1c(Cl)cccc1C(F)(F)F. The molecule has 106 valence electrons. The summed E-state index contributed by atoms with van der Waals surface area (Å²) in [4.78, 5) is 0. The predicted molar refractivity (Wildman–Crippen MR) is 74.6 cm³/mol. The van der Waals surface area contributed by atoms with E-state index in [1.807, 2.05) is 0 Å². The van der Waals surface area contributed by atoms with Crippen molar-refractivity contribution >= 4 is 23.0 Å². The van der Waals surface area contributed by atoms with Gasteiger partial charge in [-0.05, 0) is 23.8 Å². The van der Waals surface area contributed by atoms with Crippen LogP contribution in [-0.2, 0) is 12.7 Å². The Hall–Kier alpha value is -1.88. The average Bonchev–Trinajstić information content (AvgIpc) is 2.37. The van der Waals surface area contributed by atoms with Gasteiger partial charge in [-0.1, -0.05) is 35.9 Å². The van der Waals surface area contributed by atoms with Gasteiger partial charge < -0.3 is 11.1 Å². The van der Waals surface area contributed by atoms with Crippen LogP contribution in [0.4, 0.5) is 24.5 Å². The summed E-state index contributed by atoms with van der Waals surface area (Å²) < 4.78 is 38.7. The minimum Gasteiger partial charge on any atom is -0.398 e. The number of benzene rings is 2. The fourth-order valence-electron chi connectivity index (χ4n) is 1.82. The zero-order valence-corrected chi connectivity index (χ0v) is 11.1. The van der Waals surface area contributed by atoms with Gasteiger partial charge in [0.25, 0.3) is 0 Å². The molecule has 2 aromatic rings. The minimum absolute atomic E-state index is 0.0225. The zero-order valence-electron chi connectivity index (χ0n) is 10.3. The van der Waals surface area contributed by atoms with Crippen LogP contribution in [-0.4, -0.2) is 0 Å². The Bertz CT molecular complexity index is 612. The van der Waals surface area contributed by atoms with Crippen molar-refractivity contribution < 1.29 is 13.2 Å². The van der Waals surface area contributed by atoms with E-state index in [-0.39, 0.29) is 17.3 Å². The summed E-state index contributed by atoms with van der Waals surface area (Å²) in [5.74, 6) is 0. The van der Waals surface area contributed by atoms with E-state index in [1.54, 1.807) is 24.3 Å². The molecule has 0 heterocycles. The molecule has 0 aliphatic rings. The Morgan fingerprint density at radius 1 is 1.05 bits per heavy atom. The van der Waals surface area contributed by atoms with Gasteiger partial charge in [-0.15, -0.1) is 0 Å². The molecule has 20 heavy (non-hydrogen) atoms. The van der Waals surface area contributed by atoms with Crippen molar-refractivity contribution in [3.8, 4) is 0 Å². The van der Waals surface area contributed by atoms with Crippen LogP contribution >= 0.6 is 11.6 Å². The predicted octanol–water partition coefficient (Wildman–Crippen LogP) is 4.55. The molecule has 0 saturated heterocycles. The van der Waals surface area contributed by atoms with Crippen molar-refractivity contribution in [2.75, 3.05) is 11.1 Å². The summed E-state index contributed by atoms with van der Waals surface area (Å²) >= 11 is 5.85. The zero-order chi connectivity index (χ0) is 14.8. The molecule has 2 rings (SSSR count). The molecule has 0 amide bonds. The summed E-state index contributed by atoms with van der Waals surface area (Å²) in [5.41, 5.74) is 6.05. The maximum Gasteiger partial charge on any atom is 0.418 e. The average molecular weight is 301 g/mol. The van der Waals surface area contributed by atoms with E-state index < -0.39 is 11.7 Å². The van der Waals surface area contributed by atoms with Gasteiger partial charge in [-0.3, -0.25) is 0 Å². The quantitative estimate of drug-likeness (QED) is 0.816. The molecule has 3 N–H and O–H groups in total. The number of nitrogens with two attached hydrogens (primary N) is 1. The number of nitrogens with one attached hydrogen (secondary N) is 1. The molecule has 0 bridgehead atoms. The Kier molecular flexibility index (Phi) is 4.09. The molecular weight excluding hydrogens is 289 g/mol. The van der Waals surface area contributed by atoms with Gasteiger partial charge in [0.15, 0.2) is 0 Å². The van der Waals surface area contributed by atoms with Crippen LogP contribution < -0.4 is 11.1 Å². The molecule has 0 saturated carbocycles. The normalized spacial score (nSPS) is 11.4. The van der Waals surface area contributed by atoms with E-state index in [0.717, 1.165) is 6.07 Å². The monoisotopic (exact) mass is 300 g/mol. The Labute approximate surface area is 119 Å². The highest BCUT2D eigenvalue weighted by atomic mass is 35.5. The van der Waals surface area contributed by atoms with Crippen molar-refractivity contribution in [3.05, 3.63) is 58.6 Å². The summed E-state index contributed by atoms with van der Waals surface area (Å²) in [6, 6.07) is 10.6. The van der Waals surface area contributed by atoms with Crippen LogP contribution in [0.15, 0.2) is 42.5 Å². The highest BCUT2D eigenvalue weighted by Crippen LogP contribution is 2.38. The summed E-state index contributed by atoms with van der Waals surface area (Å²) in [7, 11) is 0. The first-order valence-corrected chi connectivity index (χ1v) is 6.20. The van der Waals surface area contributed by atoms with Crippen molar-refractivity contribution in [2.45, 2.75) is 12.7 Å². The van der Waals surface area contributed by atoms with Crippen molar-refractivity contribution in [1.82, 2.24) is 0 Å². The van der Waals surface area contributed by atoms with Crippen molar-refractivity contribution in [2.24, 2.45) is 0 Å². The van der Waals surface area contributed by atoms with E-state index in [1.165, 1.54) is 12.1 Å². The second-order valence-corrected chi connectivity index (χ2v) is 4.62. The van der Waals surface area contributed by atoms with Crippen molar-refractivity contribution in [1.29, 1.82) is 0 Å². The molecule has 0 radical (unpaired) electrons. The third kappa shape index (κ3) is 3.17. The van der Waals surface area contributed by atoms with Crippen LogP contribution in [0, 0.1) is 0 Å².